The van der Waals surface area contributed by atoms with E-state index in [-0.39, 0.29) is 0 Å². The van der Waals surface area contributed by atoms with Gasteiger partial charge in [0.25, 0.3) is 0 Å². The highest BCUT2D eigenvalue weighted by Gasteiger charge is 2.15. The fraction of sp³-hybridized carbons (Fsp3) is 0. The van der Waals surface area contributed by atoms with Crippen LogP contribution < -0.4 is 5.73 Å². The van der Waals surface area contributed by atoms with Crippen LogP contribution in [0.2, 0.25) is 0 Å². The Labute approximate surface area is 111 Å². The Morgan fingerprint density at radius 2 is 1.70 bits per heavy atom. The van der Waals surface area contributed by atoms with Gasteiger partial charge in [0.05, 0.1) is 11.2 Å². The number of pyridine rings is 1. The zero-order valence-electron chi connectivity index (χ0n) is 10.2. The molecule has 0 fully saturated rings. The van der Waals surface area contributed by atoms with Gasteiger partial charge in [0.15, 0.2) is 5.58 Å². The van der Waals surface area contributed by atoms with E-state index in [1.54, 1.807) is 12.1 Å². The van der Waals surface area contributed by atoms with Gasteiger partial charge < -0.3 is 10.2 Å². The first-order valence-corrected chi connectivity index (χ1v) is 6.00. The van der Waals surface area contributed by atoms with Crippen LogP contribution >= 0.6 is 0 Å². The van der Waals surface area contributed by atoms with Crippen molar-refractivity contribution in [3.8, 4) is 0 Å². The van der Waals surface area contributed by atoms with Crippen LogP contribution in [-0.4, -0.2) is 4.98 Å². The molecule has 3 nitrogen and oxygen atoms in total. The minimum Gasteiger partial charge on any atom is -0.452 e. The number of rotatable bonds is 0. The van der Waals surface area contributed by atoms with E-state index < -0.39 is 11.6 Å². The highest BCUT2D eigenvalue weighted by atomic mass is 19.1. The van der Waals surface area contributed by atoms with Crippen molar-refractivity contribution in [2.75, 3.05) is 5.73 Å². The zero-order valence-corrected chi connectivity index (χ0v) is 10.2. The fourth-order valence-electron chi connectivity index (χ4n) is 2.41. The highest BCUT2D eigenvalue weighted by molar-refractivity contribution is 6.13. The molecule has 2 heterocycles. The van der Waals surface area contributed by atoms with Gasteiger partial charge in [-0.2, -0.15) is 0 Å². The van der Waals surface area contributed by atoms with E-state index in [9.17, 15) is 8.78 Å². The molecular formula is C15H8F2N2O. The molecule has 0 bridgehead atoms. The summed E-state index contributed by atoms with van der Waals surface area (Å²) in [4.78, 5) is 4.43. The number of nitrogens with zero attached hydrogens (tertiary/aromatic N) is 1. The maximum Gasteiger partial charge on any atom is 0.177 e. The summed E-state index contributed by atoms with van der Waals surface area (Å²) in [6.07, 6.45) is 0. The second kappa shape index (κ2) is 3.66. The highest BCUT2D eigenvalue weighted by Crippen LogP contribution is 2.35. The number of aromatic nitrogens is 1. The van der Waals surface area contributed by atoms with Crippen LogP contribution in [0.5, 0.6) is 0 Å². The Bertz CT molecular complexity index is 992. The van der Waals surface area contributed by atoms with E-state index in [1.165, 1.54) is 24.3 Å². The standard InChI is InChI=1S/C15H8F2N2O/c16-7-2-4-11-10(5-7)13(18)15-14(19-11)9-3-1-8(17)6-12(9)20-15/h1-6H,(H2,18,19). The summed E-state index contributed by atoms with van der Waals surface area (Å²) in [6, 6.07) is 8.40. The van der Waals surface area contributed by atoms with Crippen molar-refractivity contribution < 1.29 is 13.2 Å². The van der Waals surface area contributed by atoms with Crippen molar-refractivity contribution in [3.63, 3.8) is 0 Å². The van der Waals surface area contributed by atoms with Gasteiger partial charge in [-0.1, -0.05) is 0 Å². The van der Waals surface area contributed by atoms with Crippen molar-refractivity contribution in [3.05, 3.63) is 48.0 Å². The van der Waals surface area contributed by atoms with Crippen molar-refractivity contribution in [2.45, 2.75) is 0 Å². The van der Waals surface area contributed by atoms with Crippen LogP contribution in [0.3, 0.4) is 0 Å². The number of nitrogens with two attached hydrogens (primary N) is 1. The molecule has 0 aliphatic carbocycles. The SMILES string of the molecule is Nc1c2cc(F)ccc2nc2c1oc1cc(F)ccc12. The molecule has 0 aliphatic rings. The molecule has 20 heavy (non-hydrogen) atoms. The predicted molar refractivity (Wildman–Crippen MR) is 73.3 cm³/mol. The molecule has 0 radical (unpaired) electrons. The van der Waals surface area contributed by atoms with Crippen molar-refractivity contribution in [2.24, 2.45) is 0 Å². The minimum absolute atomic E-state index is 0.307. The van der Waals surface area contributed by atoms with E-state index in [1.807, 2.05) is 0 Å². The first-order valence-electron chi connectivity index (χ1n) is 6.00. The Morgan fingerprint density at radius 3 is 2.55 bits per heavy atom. The maximum absolute atomic E-state index is 13.3. The number of halogens is 2. The second-order valence-electron chi connectivity index (χ2n) is 4.61. The van der Waals surface area contributed by atoms with Gasteiger partial charge in [0.2, 0.25) is 0 Å². The van der Waals surface area contributed by atoms with Gasteiger partial charge in [-0.25, -0.2) is 13.8 Å². The van der Waals surface area contributed by atoms with Crippen molar-refractivity contribution >= 4 is 38.7 Å². The summed E-state index contributed by atoms with van der Waals surface area (Å²) in [5.74, 6) is -0.793. The van der Waals surface area contributed by atoms with Crippen LogP contribution in [0.25, 0.3) is 33.0 Å². The molecule has 0 aliphatic heterocycles. The molecule has 2 aromatic carbocycles. The summed E-state index contributed by atoms with van der Waals surface area (Å²) in [7, 11) is 0. The van der Waals surface area contributed by atoms with Crippen LogP contribution in [-0.2, 0) is 0 Å². The van der Waals surface area contributed by atoms with E-state index in [4.69, 9.17) is 10.2 Å². The quantitative estimate of drug-likeness (QED) is 0.525. The first kappa shape index (κ1) is 11.2. The largest absolute Gasteiger partial charge is 0.452 e. The third-order valence-electron chi connectivity index (χ3n) is 3.35. The lowest BCUT2D eigenvalue weighted by Crippen LogP contribution is -1.91. The van der Waals surface area contributed by atoms with Gasteiger partial charge >= 0.3 is 0 Å². The normalized spacial score (nSPS) is 11.7. The fourth-order valence-corrected chi connectivity index (χ4v) is 2.41. The number of fused-ring (bicyclic) bond motifs is 4. The number of benzene rings is 2. The summed E-state index contributed by atoms with van der Waals surface area (Å²) in [5, 5.41) is 1.16. The molecule has 4 aromatic rings. The Kier molecular flexibility index (Phi) is 2.04. The number of hydrogen-bond acceptors (Lipinski definition) is 3. The molecule has 0 unspecified atom stereocenters. The van der Waals surface area contributed by atoms with Crippen molar-refractivity contribution in [1.82, 2.24) is 4.98 Å². The van der Waals surface area contributed by atoms with Gasteiger partial charge in [0, 0.05) is 16.8 Å². The molecule has 98 valence electrons. The van der Waals surface area contributed by atoms with Crippen LogP contribution in [0.1, 0.15) is 0 Å². The van der Waals surface area contributed by atoms with Crippen LogP contribution in [0.15, 0.2) is 40.8 Å². The second-order valence-corrected chi connectivity index (χ2v) is 4.61. The molecule has 0 saturated carbocycles. The molecule has 4 rings (SSSR count). The smallest absolute Gasteiger partial charge is 0.177 e. The summed E-state index contributed by atoms with van der Waals surface area (Å²) >= 11 is 0. The predicted octanol–water partition coefficient (Wildman–Crippen LogP) is 3.99. The Balaban J connectivity index is 2.25. The molecular weight excluding hydrogens is 262 g/mol. The average Bonchev–Trinajstić information content (AvgIpc) is 2.78. The monoisotopic (exact) mass is 270 g/mol. The number of furan rings is 1. The summed E-state index contributed by atoms with van der Waals surface area (Å²) in [6.45, 7) is 0. The van der Waals surface area contributed by atoms with E-state index in [2.05, 4.69) is 4.98 Å². The van der Waals surface area contributed by atoms with Gasteiger partial charge in [-0.3, -0.25) is 0 Å². The molecule has 5 heteroatoms. The van der Waals surface area contributed by atoms with E-state index >= 15 is 0 Å². The van der Waals surface area contributed by atoms with Crippen LogP contribution in [0.4, 0.5) is 14.5 Å². The molecule has 0 atom stereocenters. The Hall–Kier alpha value is -2.69. The van der Waals surface area contributed by atoms with Crippen molar-refractivity contribution in [1.29, 1.82) is 0 Å². The average molecular weight is 270 g/mol. The topological polar surface area (TPSA) is 52.0 Å². The van der Waals surface area contributed by atoms with E-state index in [0.717, 1.165) is 0 Å². The lowest BCUT2D eigenvalue weighted by atomic mass is 10.1. The zero-order chi connectivity index (χ0) is 13.9. The summed E-state index contributed by atoms with van der Waals surface area (Å²) in [5.41, 5.74) is 8.18. The third-order valence-corrected chi connectivity index (χ3v) is 3.35. The van der Waals surface area contributed by atoms with Crippen LogP contribution in [0, 0.1) is 11.6 Å². The van der Waals surface area contributed by atoms with Gasteiger partial charge in [0.1, 0.15) is 22.7 Å². The lowest BCUT2D eigenvalue weighted by Gasteiger charge is -2.02. The molecule has 0 saturated heterocycles. The Morgan fingerprint density at radius 1 is 0.950 bits per heavy atom. The first-order chi connectivity index (χ1) is 9.63. The maximum atomic E-state index is 13.3. The third kappa shape index (κ3) is 1.40. The van der Waals surface area contributed by atoms with Gasteiger partial charge in [-0.15, -0.1) is 0 Å². The number of anilines is 1. The molecule has 2 aromatic heterocycles. The molecule has 2 N–H and O–H groups in total. The summed E-state index contributed by atoms with van der Waals surface area (Å²) < 4.78 is 32.1. The number of hydrogen-bond donors (Lipinski definition) is 1. The molecule has 0 spiro atoms. The lowest BCUT2D eigenvalue weighted by molar-refractivity contribution is 0.618. The van der Waals surface area contributed by atoms with E-state index in [0.29, 0.717) is 38.7 Å². The molecule has 0 amide bonds. The van der Waals surface area contributed by atoms with Gasteiger partial charge in [-0.05, 0) is 30.3 Å². The minimum atomic E-state index is -0.397. The number of nitrogen functional groups attached to an aromatic ring is 1.